The van der Waals surface area contributed by atoms with E-state index in [1.807, 2.05) is 0 Å². The summed E-state index contributed by atoms with van der Waals surface area (Å²) in [6, 6.07) is 1.18. The number of hydrogen-bond donors (Lipinski definition) is 0. The second-order valence-electron chi connectivity index (χ2n) is 5.12. The molecule has 1 nitrogen and oxygen atoms in total. The molecule has 0 aromatic carbocycles. The van der Waals surface area contributed by atoms with Crippen LogP contribution in [0.25, 0.3) is 0 Å². The van der Waals surface area contributed by atoms with E-state index in [-0.39, 0.29) is 0 Å². The Kier molecular flexibility index (Phi) is 3.73. The second-order valence-corrected chi connectivity index (χ2v) is 9.23. The first kappa shape index (κ1) is 11.7. The van der Waals surface area contributed by atoms with Crippen molar-refractivity contribution >= 4 is 8.32 Å². The van der Waals surface area contributed by atoms with Gasteiger partial charge in [0.05, 0.1) is 6.10 Å². The SMILES string of the molecule is C=C(C)CC1CC=C(C)C[Si](C)(C)O1. The van der Waals surface area contributed by atoms with Gasteiger partial charge < -0.3 is 4.43 Å². The van der Waals surface area contributed by atoms with E-state index in [4.69, 9.17) is 4.43 Å². The van der Waals surface area contributed by atoms with Crippen LogP contribution in [0.5, 0.6) is 0 Å². The van der Waals surface area contributed by atoms with Gasteiger partial charge in [0.1, 0.15) is 0 Å². The Bertz CT molecular complexity index is 253. The topological polar surface area (TPSA) is 9.23 Å². The van der Waals surface area contributed by atoms with E-state index in [0.29, 0.717) is 6.10 Å². The van der Waals surface area contributed by atoms with Crippen molar-refractivity contribution in [1.29, 1.82) is 0 Å². The molecule has 1 unspecified atom stereocenters. The van der Waals surface area contributed by atoms with Crippen molar-refractivity contribution in [2.45, 2.75) is 51.9 Å². The summed E-state index contributed by atoms with van der Waals surface area (Å²) in [4.78, 5) is 0. The molecule has 0 spiro atoms. The molecule has 2 heteroatoms. The molecular weight excluding hydrogens is 188 g/mol. The molecule has 0 radical (unpaired) electrons. The van der Waals surface area contributed by atoms with Gasteiger partial charge in [0.2, 0.25) is 0 Å². The number of allylic oxidation sites excluding steroid dienone is 1. The van der Waals surface area contributed by atoms with Crippen molar-refractivity contribution in [2.75, 3.05) is 0 Å². The molecular formula is C12H22OSi. The summed E-state index contributed by atoms with van der Waals surface area (Å²) in [7, 11) is -1.44. The normalized spacial score (nSPS) is 26.6. The fourth-order valence-electron chi connectivity index (χ4n) is 2.13. The van der Waals surface area contributed by atoms with E-state index >= 15 is 0 Å². The van der Waals surface area contributed by atoms with Crippen LogP contribution in [0, 0.1) is 0 Å². The second kappa shape index (κ2) is 4.45. The lowest BCUT2D eigenvalue weighted by Gasteiger charge is -2.26. The lowest BCUT2D eigenvalue weighted by Crippen LogP contribution is -2.34. The smallest absolute Gasteiger partial charge is 0.191 e. The van der Waals surface area contributed by atoms with Crippen LogP contribution in [0.1, 0.15) is 26.7 Å². The summed E-state index contributed by atoms with van der Waals surface area (Å²) in [6.07, 6.45) is 4.80. The minimum absolute atomic E-state index is 0.381. The third kappa shape index (κ3) is 3.80. The summed E-state index contributed by atoms with van der Waals surface area (Å²) >= 11 is 0. The van der Waals surface area contributed by atoms with E-state index in [1.165, 1.54) is 17.2 Å². The summed E-state index contributed by atoms with van der Waals surface area (Å²) in [5.41, 5.74) is 2.73. The van der Waals surface area contributed by atoms with Crippen LogP contribution in [-0.4, -0.2) is 14.4 Å². The largest absolute Gasteiger partial charge is 0.414 e. The third-order valence-corrected chi connectivity index (χ3v) is 4.88. The fraction of sp³-hybridized carbons (Fsp3) is 0.667. The van der Waals surface area contributed by atoms with Crippen LogP contribution >= 0.6 is 0 Å². The molecule has 14 heavy (non-hydrogen) atoms. The lowest BCUT2D eigenvalue weighted by atomic mass is 10.1. The van der Waals surface area contributed by atoms with Crippen LogP contribution < -0.4 is 0 Å². The highest BCUT2D eigenvalue weighted by Crippen LogP contribution is 2.27. The van der Waals surface area contributed by atoms with Crippen molar-refractivity contribution in [2.24, 2.45) is 0 Å². The van der Waals surface area contributed by atoms with Gasteiger partial charge in [-0.1, -0.05) is 17.2 Å². The average molecular weight is 210 g/mol. The zero-order valence-corrected chi connectivity index (χ0v) is 10.9. The highest BCUT2D eigenvalue weighted by Gasteiger charge is 2.28. The Morgan fingerprint density at radius 2 is 2.29 bits per heavy atom. The van der Waals surface area contributed by atoms with Crippen LogP contribution in [0.2, 0.25) is 19.1 Å². The summed E-state index contributed by atoms with van der Waals surface area (Å²) < 4.78 is 6.21. The van der Waals surface area contributed by atoms with Crippen molar-refractivity contribution in [3.05, 3.63) is 23.8 Å². The molecule has 1 aliphatic rings. The molecule has 0 aliphatic carbocycles. The van der Waals surface area contributed by atoms with Crippen molar-refractivity contribution in [1.82, 2.24) is 0 Å². The molecule has 1 rings (SSSR count). The molecule has 0 aromatic rings. The maximum Gasteiger partial charge on any atom is 0.191 e. The Labute approximate surface area is 89.0 Å². The predicted molar refractivity (Wildman–Crippen MR) is 65.0 cm³/mol. The summed E-state index contributed by atoms with van der Waals surface area (Å²) in [5, 5.41) is 0. The maximum absolute atomic E-state index is 6.21. The number of hydrogen-bond acceptors (Lipinski definition) is 1. The minimum atomic E-state index is -1.44. The van der Waals surface area contributed by atoms with Gasteiger partial charge in [-0.25, -0.2) is 0 Å². The van der Waals surface area contributed by atoms with Crippen molar-refractivity contribution in [3.63, 3.8) is 0 Å². The molecule has 1 heterocycles. The van der Waals surface area contributed by atoms with Gasteiger partial charge in [-0.3, -0.25) is 0 Å². The molecule has 1 atom stereocenters. The van der Waals surface area contributed by atoms with E-state index in [9.17, 15) is 0 Å². The zero-order valence-electron chi connectivity index (χ0n) is 9.89. The summed E-state index contributed by atoms with van der Waals surface area (Å²) in [5.74, 6) is 0. The van der Waals surface area contributed by atoms with Crippen molar-refractivity contribution < 1.29 is 4.43 Å². The van der Waals surface area contributed by atoms with Crippen LogP contribution in [0.4, 0.5) is 0 Å². The van der Waals surface area contributed by atoms with Gasteiger partial charge in [0.25, 0.3) is 0 Å². The van der Waals surface area contributed by atoms with E-state index in [2.05, 4.69) is 39.6 Å². The summed E-state index contributed by atoms with van der Waals surface area (Å²) in [6.45, 7) is 12.9. The maximum atomic E-state index is 6.21. The predicted octanol–water partition coefficient (Wildman–Crippen LogP) is 3.89. The monoisotopic (exact) mass is 210 g/mol. The van der Waals surface area contributed by atoms with Gasteiger partial charge in [-0.05, 0) is 45.8 Å². The molecule has 0 N–H and O–H groups in total. The molecule has 1 aliphatic heterocycles. The van der Waals surface area contributed by atoms with Crippen LogP contribution in [0.15, 0.2) is 23.8 Å². The Balaban J connectivity index is 2.67. The van der Waals surface area contributed by atoms with Gasteiger partial charge in [0, 0.05) is 0 Å². The molecule has 0 saturated carbocycles. The molecule has 80 valence electrons. The number of rotatable bonds is 2. The van der Waals surface area contributed by atoms with Gasteiger partial charge in [0.15, 0.2) is 8.32 Å². The highest BCUT2D eigenvalue weighted by molar-refractivity contribution is 6.71. The Hall–Kier alpha value is -0.343. The lowest BCUT2D eigenvalue weighted by molar-refractivity contribution is 0.198. The minimum Gasteiger partial charge on any atom is -0.414 e. The fourth-order valence-corrected chi connectivity index (χ4v) is 4.78. The van der Waals surface area contributed by atoms with Gasteiger partial charge in [-0.2, -0.15) is 0 Å². The van der Waals surface area contributed by atoms with Crippen LogP contribution in [0.3, 0.4) is 0 Å². The first-order chi connectivity index (χ1) is 6.39. The average Bonchev–Trinajstić information content (AvgIpc) is 2.07. The first-order valence-electron chi connectivity index (χ1n) is 5.37. The zero-order chi connectivity index (χ0) is 10.8. The van der Waals surface area contributed by atoms with Crippen LogP contribution in [-0.2, 0) is 4.43 Å². The van der Waals surface area contributed by atoms with Gasteiger partial charge >= 0.3 is 0 Å². The molecule has 0 saturated heterocycles. The Morgan fingerprint density at radius 3 is 2.86 bits per heavy atom. The van der Waals surface area contributed by atoms with E-state index in [0.717, 1.165) is 12.8 Å². The third-order valence-electron chi connectivity index (χ3n) is 2.50. The quantitative estimate of drug-likeness (QED) is 0.496. The molecule has 0 aromatic heterocycles. The van der Waals surface area contributed by atoms with Gasteiger partial charge in [-0.15, -0.1) is 6.58 Å². The van der Waals surface area contributed by atoms with E-state index < -0.39 is 8.32 Å². The van der Waals surface area contributed by atoms with Crippen molar-refractivity contribution in [3.8, 4) is 0 Å². The molecule has 0 bridgehead atoms. The molecule has 0 fully saturated rings. The highest BCUT2D eigenvalue weighted by atomic mass is 28.4. The Morgan fingerprint density at radius 1 is 1.64 bits per heavy atom. The standard InChI is InChI=1S/C12H22OSi/c1-10(2)8-12-7-6-11(3)9-14(4,5)13-12/h6,12H,1,7-9H2,2-5H3. The first-order valence-corrected chi connectivity index (χ1v) is 8.48. The molecule has 0 amide bonds. The van der Waals surface area contributed by atoms with E-state index in [1.54, 1.807) is 0 Å².